The number of hydrazine groups is 1. The Bertz CT molecular complexity index is 760. The summed E-state index contributed by atoms with van der Waals surface area (Å²) in [4.78, 5) is 11.4. The summed E-state index contributed by atoms with van der Waals surface area (Å²) >= 11 is 0. The monoisotopic (exact) mass is 324 g/mol. The molecular weight excluding hydrogens is 304 g/mol. The first-order chi connectivity index (χ1) is 11.7. The summed E-state index contributed by atoms with van der Waals surface area (Å²) in [6, 6.07) is 13.5. The molecule has 1 fully saturated rings. The average Bonchev–Trinajstić information content (AvgIpc) is 3.04. The van der Waals surface area contributed by atoms with Crippen molar-refractivity contribution in [2.24, 2.45) is 0 Å². The van der Waals surface area contributed by atoms with E-state index in [-0.39, 0.29) is 23.9 Å². The number of carbonyl (C=O) groups is 1. The van der Waals surface area contributed by atoms with Gasteiger partial charge in [0, 0.05) is 30.3 Å². The summed E-state index contributed by atoms with van der Waals surface area (Å²) in [5.41, 5.74) is 10.8. The van der Waals surface area contributed by atoms with E-state index in [1.807, 2.05) is 24.3 Å². The zero-order valence-corrected chi connectivity index (χ0v) is 13.2. The number of anilines is 2. The largest absolute Gasteiger partial charge is 0.508 e. The van der Waals surface area contributed by atoms with Crippen molar-refractivity contribution < 1.29 is 9.90 Å². The summed E-state index contributed by atoms with van der Waals surface area (Å²) in [5, 5.41) is 15.8. The Kier molecular flexibility index (Phi) is 3.84. The first-order valence-corrected chi connectivity index (χ1v) is 8.17. The van der Waals surface area contributed by atoms with Gasteiger partial charge in [0.05, 0.1) is 6.17 Å². The fourth-order valence-electron chi connectivity index (χ4n) is 3.25. The van der Waals surface area contributed by atoms with Crippen LogP contribution in [0, 0.1) is 0 Å². The SMILES string of the molecule is O=C1CCc2cc(NC3CC(c4ccc(O)cc4)NN3)ccc2N1. The third-order valence-electron chi connectivity index (χ3n) is 4.54. The Morgan fingerprint density at radius 3 is 2.71 bits per heavy atom. The summed E-state index contributed by atoms with van der Waals surface area (Å²) in [7, 11) is 0. The second-order valence-electron chi connectivity index (χ2n) is 6.29. The van der Waals surface area contributed by atoms with Crippen LogP contribution in [0.4, 0.5) is 11.4 Å². The van der Waals surface area contributed by atoms with Gasteiger partial charge in [-0.25, -0.2) is 10.9 Å². The van der Waals surface area contributed by atoms with Gasteiger partial charge in [0.2, 0.25) is 5.91 Å². The van der Waals surface area contributed by atoms with Gasteiger partial charge in [-0.3, -0.25) is 4.79 Å². The van der Waals surface area contributed by atoms with Gasteiger partial charge in [-0.2, -0.15) is 0 Å². The molecule has 4 rings (SSSR count). The highest BCUT2D eigenvalue weighted by atomic mass is 16.3. The van der Waals surface area contributed by atoms with Crippen molar-refractivity contribution >= 4 is 17.3 Å². The number of phenolic OH excluding ortho intramolecular Hbond substituents is 1. The standard InChI is InChI=1S/C18H20N4O2/c23-14-5-1-11(2-6-14)16-10-17(22-21-16)19-13-4-7-15-12(9-13)3-8-18(24)20-15/h1-2,4-7,9,16-17,19,21-23H,3,8,10H2,(H,20,24). The predicted molar refractivity (Wildman–Crippen MR) is 92.5 cm³/mol. The van der Waals surface area contributed by atoms with Gasteiger partial charge in [0.15, 0.2) is 0 Å². The van der Waals surface area contributed by atoms with Crippen LogP contribution in [-0.2, 0) is 11.2 Å². The number of benzene rings is 2. The predicted octanol–water partition coefficient (Wildman–Crippen LogP) is 2.25. The Morgan fingerprint density at radius 1 is 1.04 bits per heavy atom. The van der Waals surface area contributed by atoms with Crippen LogP contribution >= 0.6 is 0 Å². The zero-order valence-electron chi connectivity index (χ0n) is 13.2. The summed E-state index contributed by atoms with van der Waals surface area (Å²) in [6.45, 7) is 0. The summed E-state index contributed by atoms with van der Waals surface area (Å²) < 4.78 is 0. The molecule has 0 saturated carbocycles. The number of hydrogen-bond acceptors (Lipinski definition) is 5. The maximum Gasteiger partial charge on any atom is 0.224 e. The van der Waals surface area contributed by atoms with Gasteiger partial charge in [-0.15, -0.1) is 0 Å². The van der Waals surface area contributed by atoms with Crippen molar-refractivity contribution in [2.45, 2.75) is 31.5 Å². The van der Waals surface area contributed by atoms with Crippen molar-refractivity contribution in [1.29, 1.82) is 0 Å². The van der Waals surface area contributed by atoms with Crippen molar-refractivity contribution in [2.75, 3.05) is 10.6 Å². The maximum absolute atomic E-state index is 11.4. The normalized spacial score (nSPS) is 22.8. The molecule has 2 atom stereocenters. The minimum Gasteiger partial charge on any atom is -0.508 e. The third-order valence-corrected chi connectivity index (χ3v) is 4.54. The molecule has 24 heavy (non-hydrogen) atoms. The lowest BCUT2D eigenvalue weighted by Crippen LogP contribution is -2.35. The van der Waals surface area contributed by atoms with Crippen LogP contribution in [0.15, 0.2) is 42.5 Å². The molecule has 0 aromatic heterocycles. The van der Waals surface area contributed by atoms with E-state index in [1.54, 1.807) is 12.1 Å². The van der Waals surface area contributed by atoms with Gasteiger partial charge in [0.25, 0.3) is 0 Å². The van der Waals surface area contributed by atoms with Gasteiger partial charge in [-0.05, 0) is 47.9 Å². The first-order valence-electron chi connectivity index (χ1n) is 8.17. The molecule has 0 bridgehead atoms. The molecule has 5 N–H and O–H groups in total. The number of nitrogens with one attached hydrogen (secondary N) is 4. The van der Waals surface area contributed by atoms with Crippen LogP contribution in [0.3, 0.4) is 0 Å². The van der Waals surface area contributed by atoms with E-state index in [1.165, 1.54) is 5.56 Å². The Balaban J connectivity index is 1.41. The van der Waals surface area contributed by atoms with E-state index in [9.17, 15) is 9.90 Å². The number of aryl methyl sites for hydroxylation is 1. The van der Waals surface area contributed by atoms with Crippen LogP contribution < -0.4 is 21.5 Å². The van der Waals surface area contributed by atoms with Gasteiger partial charge in [-0.1, -0.05) is 12.1 Å². The van der Waals surface area contributed by atoms with Crippen LogP contribution in [0.1, 0.15) is 30.0 Å². The van der Waals surface area contributed by atoms with E-state index in [0.29, 0.717) is 6.42 Å². The second kappa shape index (κ2) is 6.14. The summed E-state index contributed by atoms with van der Waals surface area (Å²) in [5.74, 6) is 0.363. The molecule has 2 aromatic rings. The minimum atomic E-state index is 0.0848. The van der Waals surface area contributed by atoms with Crippen LogP contribution in [0.2, 0.25) is 0 Å². The lowest BCUT2D eigenvalue weighted by Gasteiger charge is -2.19. The minimum absolute atomic E-state index is 0.0848. The van der Waals surface area contributed by atoms with E-state index < -0.39 is 0 Å². The molecule has 2 heterocycles. The molecule has 6 nitrogen and oxygen atoms in total. The van der Waals surface area contributed by atoms with Gasteiger partial charge < -0.3 is 15.7 Å². The highest BCUT2D eigenvalue weighted by molar-refractivity contribution is 5.94. The van der Waals surface area contributed by atoms with E-state index in [4.69, 9.17) is 0 Å². The number of fused-ring (bicyclic) bond motifs is 1. The van der Waals surface area contributed by atoms with Crippen molar-refractivity contribution in [3.05, 3.63) is 53.6 Å². The topological polar surface area (TPSA) is 85.4 Å². The van der Waals surface area contributed by atoms with Gasteiger partial charge >= 0.3 is 0 Å². The molecule has 0 aliphatic carbocycles. The molecule has 124 valence electrons. The number of aromatic hydroxyl groups is 1. The molecular formula is C18H20N4O2. The van der Waals surface area contributed by atoms with E-state index in [2.05, 4.69) is 27.6 Å². The molecule has 2 aromatic carbocycles. The van der Waals surface area contributed by atoms with Crippen molar-refractivity contribution in [3.8, 4) is 5.75 Å². The Hall–Kier alpha value is -2.57. The van der Waals surface area contributed by atoms with Crippen LogP contribution in [0.5, 0.6) is 5.75 Å². The van der Waals surface area contributed by atoms with Gasteiger partial charge in [0.1, 0.15) is 5.75 Å². The number of phenols is 1. The molecule has 2 unspecified atom stereocenters. The number of hydrogen-bond donors (Lipinski definition) is 5. The number of carbonyl (C=O) groups excluding carboxylic acids is 1. The molecule has 6 heteroatoms. The number of amides is 1. The van der Waals surface area contributed by atoms with Crippen LogP contribution in [0.25, 0.3) is 0 Å². The fraction of sp³-hybridized carbons (Fsp3) is 0.278. The molecule has 0 spiro atoms. The highest BCUT2D eigenvalue weighted by Gasteiger charge is 2.25. The molecule has 2 aliphatic heterocycles. The Morgan fingerprint density at radius 2 is 1.88 bits per heavy atom. The quantitative estimate of drug-likeness (QED) is 0.598. The smallest absolute Gasteiger partial charge is 0.224 e. The molecule has 1 amide bonds. The highest BCUT2D eigenvalue weighted by Crippen LogP contribution is 2.28. The second-order valence-corrected chi connectivity index (χ2v) is 6.29. The fourth-order valence-corrected chi connectivity index (χ4v) is 3.25. The Labute approximate surface area is 140 Å². The average molecular weight is 324 g/mol. The first kappa shape index (κ1) is 15.0. The molecule has 2 aliphatic rings. The van der Waals surface area contributed by atoms with E-state index in [0.717, 1.165) is 29.8 Å². The van der Waals surface area contributed by atoms with Crippen molar-refractivity contribution in [1.82, 2.24) is 10.9 Å². The zero-order chi connectivity index (χ0) is 16.5. The summed E-state index contributed by atoms with van der Waals surface area (Å²) in [6.07, 6.45) is 2.32. The third kappa shape index (κ3) is 3.06. The lowest BCUT2D eigenvalue weighted by atomic mass is 10.0. The van der Waals surface area contributed by atoms with Crippen molar-refractivity contribution in [3.63, 3.8) is 0 Å². The van der Waals surface area contributed by atoms with Crippen LogP contribution in [-0.4, -0.2) is 17.2 Å². The maximum atomic E-state index is 11.4. The number of rotatable bonds is 3. The van der Waals surface area contributed by atoms with E-state index >= 15 is 0 Å². The lowest BCUT2D eigenvalue weighted by molar-refractivity contribution is -0.116. The molecule has 0 radical (unpaired) electrons. The molecule has 1 saturated heterocycles.